The van der Waals surface area contributed by atoms with E-state index in [4.69, 9.17) is 4.74 Å². The van der Waals surface area contributed by atoms with E-state index >= 15 is 0 Å². The highest BCUT2D eigenvalue weighted by Gasteiger charge is 2.26. The molecule has 33 heavy (non-hydrogen) atoms. The van der Waals surface area contributed by atoms with Crippen molar-refractivity contribution in [2.45, 2.75) is 31.6 Å². The van der Waals surface area contributed by atoms with Crippen LogP contribution in [0, 0.1) is 5.92 Å². The topological polar surface area (TPSA) is 86.1 Å². The number of allylic oxidation sites excluding steroid dienone is 1. The smallest absolute Gasteiger partial charge is 0.251 e. The van der Waals surface area contributed by atoms with Gasteiger partial charge in [-0.05, 0) is 42.3 Å². The molecule has 1 amide bonds. The number of carbonyl (C=O) groups excluding carboxylic acids is 2. The van der Waals surface area contributed by atoms with Crippen molar-refractivity contribution < 1.29 is 14.3 Å². The van der Waals surface area contributed by atoms with Crippen LogP contribution in [-0.2, 0) is 6.54 Å². The molecule has 3 aromatic rings. The number of rotatable bonds is 11. The molecule has 1 N–H and O–H groups in total. The Morgan fingerprint density at radius 3 is 2.39 bits per heavy atom. The summed E-state index contributed by atoms with van der Waals surface area (Å²) in [7, 11) is 1.59. The number of ether oxygens (including phenoxy) is 1. The highest BCUT2D eigenvalue weighted by Crippen LogP contribution is 2.26. The molecule has 0 saturated carbocycles. The number of nitrogens with one attached hydrogen (secondary N) is 1. The second kappa shape index (κ2) is 11.5. The third kappa shape index (κ3) is 6.10. The fourth-order valence-electron chi connectivity index (χ4n) is 3.27. The fraction of sp³-hybridized carbons (Fsp3) is 0.280. The summed E-state index contributed by atoms with van der Waals surface area (Å²) >= 11 is 1.31. The van der Waals surface area contributed by atoms with Crippen LogP contribution >= 0.6 is 11.8 Å². The van der Waals surface area contributed by atoms with Gasteiger partial charge in [-0.15, -0.1) is 16.8 Å². The minimum absolute atomic E-state index is 0.0184. The molecule has 1 aromatic heterocycles. The van der Waals surface area contributed by atoms with Crippen molar-refractivity contribution in [1.29, 1.82) is 0 Å². The SMILES string of the molecule is C=CCn1c(SCC(=O)c2ccc(OC)cc2)nnc1C(NC(=O)c1ccccc1)C(C)C. The van der Waals surface area contributed by atoms with Gasteiger partial charge in [-0.1, -0.05) is 49.9 Å². The van der Waals surface area contributed by atoms with Crippen LogP contribution in [0.2, 0.25) is 0 Å². The Hall–Kier alpha value is -3.39. The molecule has 1 atom stereocenters. The number of aromatic nitrogens is 3. The van der Waals surface area contributed by atoms with Gasteiger partial charge in [0.25, 0.3) is 5.91 Å². The first-order valence-corrected chi connectivity index (χ1v) is 11.6. The van der Waals surface area contributed by atoms with E-state index in [1.54, 1.807) is 49.6 Å². The molecule has 0 fully saturated rings. The number of amides is 1. The second-order valence-corrected chi connectivity index (χ2v) is 8.68. The van der Waals surface area contributed by atoms with E-state index in [-0.39, 0.29) is 29.4 Å². The summed E-state index contributed by atoms with van der Waals surface area (Å²) in [5.74, 6) is 1.43. The summed E-state index contributed by atoms with van der Waals surface area (Å²) in [6.07, 6.45) is 1.75. The number of nitrogens with zero attached hydrogens (tertiary/aromatic N) is 3. The van der Waals surface area contributed by atoms with E-state index < -0.39 is 0 Å². The molecular formula is C25H28N4O3S. The van der Waals surface area contributed by atoms with Crippen LogP contribution in [0.3, 0.4) is 0 Å². The molecule has 3 rings (SSSR count). The minimum Gasteiger partial charge on any atom is -0.497 e. The van der Waals surface area contributed by atoms with E-state index in [0.29, 0.717) is 34.4 Å². The van der Waals surface area contributed by atoms with Crippen LogP contribution in [0.25, 0.3) is 0 Å². The average Bonchev–Trinajstić information content (AvgIpc) is 3.23. The predicted molar refractivity (Wildman–Crippen MR) is 130 cm³/mol. The van der Waals surface area contributed by atoms with Crippen molar-refractivity contribution in [2.75, 3.05) is 12.9 Å². The van der Waals surface area contributed by atoms with E-state index in [2.05, 4.69) is 22.1 Å². The Balaban J connectivity index is 1.78. The maximum absolute atomic E-state index is 12.8. The lowest BCUT2D eigenvalue weighted by atomic mass is 10.0. The van der Waals surface area contributed by atoms with Gasteiger partial charge in [-0.2, -0.15) is 0 Å². The van der Waals surface area contributed by atoms with Crippen LogP contribution < -0.4 is 10.1 Å². The van der Waals surface area contributed by atoms with Gasteiger partial charge in [0.2, 0.25) is 0 Å². The first kappa shape index (κ1) is 24.3. The zero-order chi connectivity index (χ0) is 23.8. The Morgan fingerprint density at radius 1 is 1.09 bits per heavy atom. The number of Topliss-reactive ketones (excluding diaryl/α,β-unsaturated/α-hetero) is 1. The summed E-state index contributed by atoms with van der Waals surface area (Å²) in [4.78, 5) is 25.4. The quantitative estimate of drug-likeness (QED) is 0.254. The van der Waals surface area contributed by atoms with Gasteiger partial charge in [-0.3, -0.25) is 9.59 Å². The normalized spacial score (nSPS) is 11.8. The lowest BCUT2D eigenvalue weighted by Crippen LogP contribution is -2.33. The predicted octanol–water partition coefficient (Wildman–Crippen LogP) is 4.57. The Bertz CT molecular complexity index is 1090. The van der Waals surface area contributed by atoms with Crippen LogP contribution in [0.15, 0.2) is 72.4 Å². The van der Waals surface area contributed by atoms with Crippen molar-refractivity contribution in [3.8, 4) is 5.75 Å². The average molecular weight is 465 g/mol. The monoisotopic (exact) mass is 464 g/mol. The molecule has 0 saturated heterocycles. The summed E-state index contributed by atoms with van der Waals surface area (Å²) in [5.41, 5.74) is 1.19. The Labute approximate surface area is 198 Å². The molecular weight excluding hydrogens is 436 g/mol. The zero-order valence-corrected chi connectivity index (χ0v) is 19.8. The van der Waals surface area contributed by atoms with E-state index in [1.807, 2.05) is 36.6 Å². The van der Waals surface area contributed by atoms with E-state index in [1.165, 1.54) is 11.8 Å². The molecule has 7 nitrogen and oxygen atoms in total. The molecule has 2 aromatic carbocycles. The van der Waals surface area contributed by atoms with Crippen LogP contribution in [-0.4, -0.2) is 39.3 Å². The number of hydrogen-bond acceptors (Lipinski definition) is 6. The van der Waals surface area contributed by atoms with Crippen molar-refractivity contribution in [1.82, 2.24) is 20.1 Å². The summed E-state index contributed by atoms with van der Waals surface area (Å²) < 4.78 is 7.04. The molecule has 0 aliphatic carbocycles. The molecule has 0 aliphatic heterocycles. The van der Waals surface area contributed by atoms with Gasteiger partial charge in [0, 0.05) is 17.7 Å². The number of benzene rings is 2. The largest absolute Gasteiger partial charge is 0.497 e. The summed E-state index contributed by atoms with van der Waals surface area (Å²) in [6.45, 7) is 8.34. The lowest BCUT2D eigenvalue weighted by molar-refractivity contribution is 0.0921. The van der Waals surface area contributed by atoms with Gasteiger partial charge >= 0.3 is 0 Å². The Kier molecular flexibility index (Phi) is 8.43. The van der Waals surface area contributed by atoms with E-state index in [9.17, 15) is 9.59 Å². The number of methoxy groups -OCH3 is 1. The minimum atomic E-state index is -0.350. The van der Waals surface area contributed by atoms with Gasteiger partial charge < -0.3 is 14.6 Å². The van der Waals surface area contributed by atoms with Crippen molar-refractivity contribution in [3.63, 3.8) is 0 Å². The molecule has 1 heterocycles. The summed E-state index contributed by atoms with van der Waals surface area (Å²) in [6, 6.07) is 15.7. The summed E-state index contributed by atoms with van der Waals surface area (Å²) in [5, 5.41) is 12.4. The number of thioether (sulfide) groups is 1. The molecule has 172 valence electrons. The van der Waals surface area contributed by atoms with Gasteiger partial charge in [0.1, 0.15) is 5.75 Å². The van der Waals surface area contributed by atoms with Gasteiger partial charge in [0.15, 0.2) is 16.8 Å². The van der Waals surface area contributed by atoms with Gasteiger partial charge in [-0.25, -0.2) is 0 Å². The zero-order valence-electron chi connectivity index (χ0n) is 19.0. The molecule has 0 bridgehead atoms. The standard InChI is InChI=1S/C25H28N4O3S/c1-5-15-29-23(22(17(2)3)26-24(31)19-9-7-6-8-10-19)27-28-25(29)33-16-21(30)18-11-13-20(32-4)14-12-18/h5-14,17,22H,1,15-16H2,2-4H3,(H,26,31). The number of ketones is 1. The second-order valence-electron chi connectivity index (χ2n) is 7.74. The molecule has 0 aliphatic rings. The first-order valence-electron chi connectivity index (χ1n) is 10.6. The van der Waals surface area contributed by atoms with Crippen molar-refractivity contribution in [2.24, 2.45) is 5.92 Å². The maximum Gasteiger partial charge on any atom is 0.251 e. The van der Waals surface area contributed by atoms with Crippen LogP contribution in [0.5, 0.6) is 5.75 Å². The Morgan fingerprint density at radius 2 is 1.79 bits per heavy atom. The third-order valence-corrected chi connectivity index (χ3v) is 6.04. The van der Waals surface area contributed by atoms with Crippen LogP contribution in [0.1, 0.15) is 46.4 Å². The number of carbonyl (C=O) groups is 2. The highest BCUT2D eigenvalue weighted by molar-refractivity contribution is 7.99. The molecule has 8 heteroatoms. The maximum atomic E-state index is 12.8. The molecule has 0 radical (unpaired) electrons. The molecule has 1 unspecified atom stereocenters. The van der Waals surface area contributed by atoms with Crippen molar-refractivity contribution in [3.05, 3.63) is 84.2 Å². The molecule has 0 spiro atoms. The number of hydrogen-bond donors (Lipinski definition) is 1. The fourth-order valence-corrected chi connectivity index (χ4v) is 4.12. The van der Waals surface area contributed by atoms with Crippen molar-refractivity contribution >= 4 is 23.5 Å². The lowest BCUT2D eigenvalue weighted by Gasteiger charge is -2.22. The highest BCUT2D eigenvalue weighted by atomic mass is 32.2. The first-order chi connectivity index (χ1) is 15.9. The van der Waals surface area contributed by atoms with E-state index in [0.717, 1.165) is 0 Å². The van der Waals surface area contributed by atoms with Crippen LogP contribution in [0.4, 0.5) is 0 Å². The van der Waals surface area contributed by atoms with Gasteiger partial charge in [0.05, 0.1) is 18.9 Å². The third-order valence-electron chi connectivity index (χ3n) is 5.07.